The highest BCUT2D eigenvalue weighted by Crippen LogP contribution is 2.66. The zero-order valence-corrected chi connectivity index (χ0v) is 24.9. The molecule has 1 amide bonds. The van der Waals surface area contributed by atoms with Crippen LogP contribution in [0.4, 0.5) is 0 Å². The fourth-order valence-electron chi connectivity index (χ4n) is 8.24. The van der Waals surface area contributed by atoms with Crippen LogP contribution in [0.2, 0.25) is 0 Å². The zero-order valence-electron chi connectivity index (χ0n) is 24.9. The standard InChI is InChI=1S/C34H40N2O6/c1-18-9-8-11-24-31-33(5,42-31)20(3)29-26(16-22-17-35-25-12-7-6-10-23(22)25)36-32(40)34(24,29)28(38)14-13-27(41-21(4)37)30(39)19(2)15-18/h6-8,10-12,15,17-18,20,24,26-27,29,31,35H,9,13-14,16H2,1-5H3,(H,36,40)/b11-8+,19-15+/t18-,20-,24-,26-,27-,29-,31-,33+,34+/m0/s1. The number of nitrogens with one attached hydrogen (secondary N) is 2. The minimum absolute atomic E-state index is 0.0271. The van der Waals surface area contributed by atoms with Crippen molar-refractivity contribution in [2.75, 3.05) is 0 Å². The van der Waals surface area contributed by atoms with E-state index in [1.54, 1.807) is 6.92 Å². The number of ketones is 2. The van der Waals surface area contributed by atoms with E-state index in [0.29, 0.717) is 18.4 Å². The highest BCUT2D eigenvalue weighted by atomic mass is 16.6. The Morgan fingerprint density at radius 2 is 1.93 bits per heavy atom. The highest BCUT2D eigenvalue weighted by molar-refractivity contribution is 6.09. The van der Waals surface area contributed by atoms with Gasteiger partial charge in [0.1, 0.15) is 11.2 Å². The van der Waals surface area contributed by atoms with E-state index >= 15 is 0 Å². The summed E-state index contributed by atoms with van der Waals surface area (Å²) in [4.78, 5) is 57.5. The van der Waals surface area contributed by atoms with Gasteiger partial charge in [-0.15, -0.1) is 0 Å². The van der Waals surface area contributed by atoms with Crippen molar-refractivity contribution in [2.45, 2.75) is 84.2 Å². The molecule has 1 spiro atoms. The predicted octanol–water partition coefficient (Wildman–Crippen LogP) is 4.63. The molecule has 3 heterocycles. The normalized spacial score (nSPS) is 40.3. The number of aromatic nitrogens is 1. The van der Waals surface area contributed by atoms with E-state index in [9.17, 15) is 19.2 Å². The molecule has 4 aliphatic rings. The predicted molar refractivity (Wildman–Crippen MR) is 157 cm³/mol. The molecule has 6 rings (SSSR count). The van der Waals surface area contributed by atoms with Crippen LogP contribution in [-0.4, -0.2) is 52.3 Å². The lowest BCUT2D eigenvalue weighted by Gasteiger charge is -2.46. The third kappa shape index (κ3) is 4.37. The van der Waals surface area contributed by atoms with Crippen molar-refractivity contribution in [3.63, 3.8) is 0 Å². The van der Waals surface area contributed by atoms with E-state index in [0.717, 1.165) is 16.5 Å². The monoisotopic (exact) mass is 572 g/mol. The largest absolute Gasteiger partial charge is 0.454 e. The van der Waals surface area contributed by atoms with Crippen molar-refractivity contribution in [1.29, 1.82) is 0 Å². The molecular weight excluding hydrogens is 532 g/mol. The molecule has 222 valence electrons. The number of benzene rings is 1. The van der Waals surface area contributed by atoms with Crippen LogP contribution in [0, 0.1) is 29.1 Å². The molecular formula is C34H40N2O6. The second kappa shape index (κ2) is 10.3. The van der Waals surface area contributed by atoms with Gasteiger partial charge < -0.3 is 19.8 Å². The van der Waals surface area contributed by atoms with Crippen molar-refractivity contribution >= 4 is 34.3 Å². The molecule has 42 heavy (non-hydrogen) atoms. The molecule has 2 aliphatic heterocycles. The van der Waals surface area contributed by atoms with Crippen LogP contribution in [-0.2, 0) is 35.1 Å². The second-order valence-corrected chi connectivity index (χ2v) is 13.0. The van der Waals surface area contributed by atoms with Crippen LogP contribution in [0.3, 0.4) is 0 Å². The molecule has 1 aromatic carbocycles. The summed E-state index contributed by atoms with van der Waals surface area (Å²) >= 11 is 0. The summed E-state index contributed by atoms with van der Waals surface area (Å²) < 4.78 is 11.8. The summed E-state index contributed by atoms with van der Waals surface area (Å²) in [7, 11) is 0. The third-order valence-corrected chi connectivity index (χ3v) is 10.4. The van der Waals surface area contributed by atoms with E-state index in [-0.39, 0.29) is 60.2 Å². The molecule has 3 fully saturated rings. The smallest absolute Gasteiger partial charge is 0.303 e. The number of ether oxygens (including phenoxy) is 2. The van der Waals surface area contributed by atoms with Crippen molar-refractivity contribution in [1.82, 2.24) is 10.3 Å². The SMILES string of the molecule is CC(=O)O[C@H]1CCC(=O)[C@@]23C(=O)N[C@@H](Cc4c[nH]c5ccccc45)[C@@H]2[C@H](C)[C@@]2(C)O[C@H]2[C@@H]3/C=C/C[C@H](C)/C=C(\C)C1=O. The number of Topliss-reactive ketones (excluding diaryl/α,β-unsaturated/α-hetero) is 2. The first kappa shape index (κ1) is 28.6. The van der Waals surface area contributed by atoms with Gasteiger partial charge in [0, 0.05) is 48.3 Å². The van der Waals surface area contributed by atoms with Crippen molar-refractivity contribution in [2.24, 2.45) is 29.1 Å². The van der Waals surface area contributed by atoms with Gasteiger partial charge in [0.2, 0.25) is 5.91 Å². The summed E-state index contributed by atoms with van der Waals surface area (Å²) in [5.74, 6) is -2.17. The number of aromatic amines is 1. The number of carbonyl (C=O) groups excluding carboxylic acids is 4. The Kier molecular flexibility index (Phi) is 7.03. The molecule has 0 radical (unpaired) electrons. The Labute approximate surface area is 246 Å². The second-order valence-electron chi connectivity index (χ2n) is 13.0. The summed E-state index contributed by atoms with van der Waals surface area (Å²) in [5, 5.41) is 4.37. The minimum Gasteiger partial charge on any atom is -0.454 e. The van der Waals surface area contributed by atoms with Gasteiger partial charge in [0.05, 0.1) is 11.7 Å². The number of allylic oxidation sites excluding steroid dienone is 2. The quantitative estimate of drug-likeness (QED) is 0.240. The van der Waals surface area contributed by atoms with Gasteiger partial charge in [-0.2, -0.15) is 0 Å². The molecule has 9 atom stereocenters. The van der Waals surface area contributed by atoms with Crippen molar-refractivity contribution in [3.8, 4) is 0 Å². The maximum Gasteiger partial charge on any atom is 0.303 e. The van der Waals surface area contributed by atoms with Crippen molar-refractivity contribution in [3.05, 3.63) is 59.8 Å². The first-order valence-corrected chi connectivity index (χ1v) is 15.1. The average Bonchev–Trinajstić information content (AvgIpc) is 3.35. The van der Waals surface area contributed by atoms with Crippen LogP contribution in [0.25, 0.3) is 10.9 Å². The Hall–Kier alpha value is -3.52. The van der Waals surface area contributed by atoms with Gasteiger partial charge in [-0.25, -0.2) is 0 Å². The highest BCUT2D eigenvalue weighted by Gasteiger charge is 2.78. The van der Waals surface area contributed by atoms with E-state index in [2.05, 4.69) is 30.2 Å². The van der Waals surface area contributed by atoms with E-state index in [4.69, 9.17) is 9.47 Å². The first-order valence-electron chi connectivity index (χ1n) is 15.1. The van der Waals surface area contributed by atoms with Crippen LogP contribution < -0.4 is 5.32 Å². The van der Waals surface area contributed by atoms with Gasteiger partial charge in [-0.05, 0) is 62.1 Å². The Balaban J connectivity index is 1.43. The Bertz CT molecular complexity index is 1520. The number of para-hydroxylation sites is 1. The summed E-state index contributed by atoms with van der Waals surface area (Å²) in [6.07, 6.45) is 7.79. The molecule has 8 nitrogen and oxygen atoms in total. The summed E-state index contributed by atoms with van der Waals surface area (Å²) in [6.45, 7) is 9.21. The van der Waals surface area contributed by atoms with Gasteiger partial charge in [0.15, 0.2) is 11.9 Å². The molecule has 2 N–H and O–H groups in total. The van der Waals surface area contributed by atoms with Crippen LogP contribution >= 0.6 is 0 Å². The Morgan fingerprint density at radius 3 is 2.69 bits per heavy atom. The van der Waals surface area contributed by atoms with Crippen molar-refractivity contribution < 1.29 is 28.7 Å². The summed E-state index contributed by atoms with van der Waals surface area (Å²) in [5.41, 5.74) is 0.826. The molecule has 8 heteroatoms. The van der Waals surface area contributed by atoms with Gasteiger partial charge in [-0.3, -0.25) is 19.2 Å². The number of fused-ring (bicyclic) bond motifs is 3. The maximum atomic E-state index is 14.6. The molecule has 0 unspecified atom stereocenters. The number of epoxide rings is 1. The zero-order chi connectivity index (χ0) is 30.0. The molecule has 1 saturated carbocycles. The number of amides is 1. The number of H-pyrrole nitrogens is 1. The van der Waals surface area contributed by atoms with E-state index in [1.165, 1.54) is 6.92 Å². The number of esters is 1. The molecule has 2 aliphatic carbocycles. The van der Waals surface area contributed by atoms with E-state index < -0.39 is 29.0 Å². The van der Waals surface area contributed by atoms with Gasteiger partial charge in [0.25, 0.3) is 0 Å². The number of carbonyl (C=O) groups is 4. The molecule has 2 aromatic rings. The average molecular weight is 573 g/mol. The molecule has 0 bridgehead atoms. The third-order valence-electron chi connectivity index (χ3n) is 10.4. The Morgan fingerprint density at radius 1 is 1.17 bits per heavy atom. The van der Waals surface area contributed by atoms with Gasteiger partial charge in [-0.1, -0.05) is 50.3 Å². The number of rotatable bonds is 3. The lowest BCUT2D eigenvalue weighted by Crippen LogP contribution is -2.58. The van der Waals surface area contributed by atoms with Gasteiger partial charge >= 0.3 is 5.97 Å². The van der Waals surface area contributed by atoms with Crippen LogP contribution in [0.15, 0.2) is 54.3 Å². The summed E-state index contributed by atoms with van der Waals surface area (Å²) in [6, 6.07) is 7.80. The van der Waals surface area contributed by atoms with Crippen LogP contribution in [0.5, 0.6) is 0 Å². The van der Waals surface area contributed by atoms with E-state index in [1.807, 2.05) is 49.5 Å². The maximum absolute atomic E-state index is 14.6. The fraction of sp³-hybridized carbons (Fsp3) is 0.529. The molecule has 1 aromatic heterocycles. The first-order chi connectivity index (χ1) is 20.0. The number of hydrogen-bond acceptors (Lipinski definition) is 6. The minimum atomic E-state index is -1.35. The lowest BCUT2D eigenvalue weighted by atomic mass is 9.51. The topological polar surface area (TPSA) is 118 Å². The van der Waals surface area contributed by atoms with Crippen LogP contribution in [0.1, 0.15) is 59.4 Å². The molecule has 2 saturated heterocycles. The lowest BCUT2D eigenvalue weighted by molar-refractivity contribution is -0.154. The fourth-order valence-corrected chi connectivity index (χ4v) is 8.24. The number of hydrogen-bond donors (Lipinski definition) is 2.